The van der Waals surface area contributed by atoms with E-state index in [0.29, 0.717) is 25.9 Å². The maximum Gasteiger partial charge on any atom is 0.323 e. The zero-order chi connectivity index (χ0) is 41.5. The second kappa shape index (κ2) is 25.1. The van der Waals surface area contributed by atoms with Crippen molar-refractivity contribution in [1.82, 2.24) is 10.6 Å². The van der Waals surface area contributed by atoms with Crippen LogP contribution in [0, 0.1) is 0 Å². The lowest BCUT2D eigenvalue weighted by molar-refractivity contribution is -0.697. The van der Waals surface area contributed by atoms with Gasteiger partial charge in [-0.25, -0.2) is 9.13 Å². The number of carboxylic acids is 2. The third kappa shape index (κ3) is 17.8. The van der Waals surface area contributed by atoms with Crippen LogP contribution < -0.4 is 24.7 Å². The van der Waals surface area contributed by atoms with Crippen LogP contribution in [0.4, 0.5) is 5.69 Å². The summed E-state index contributed by atoms with van der Waals surface area (Å²) in [5, 5.41) is 24.0. The predicted molar refractivity (Wildman–Crippen MR) is 235 cm³/mol. The van der Waals surface area contributed by atoms with Gasteiger partial charge in [-0.05, 0) is 45.9 Å². The fourth-order valence-corrected chi connectivity index (χ4v) is 7.71. The molecular weight excluding hydrogens is 771 g/mol. The molecule has 0 saturated carbocycles. The Labute approximate surface area is 349 Å². The number of carbonyl (C=O) groups is 4. The van der Waals surface area contributed by atoms with Crippen LogP contribution in [0.3, 0.4) is 0 Å². The number of amides is 2. The summed E-state index contributed by atoms with van der Waals surface area (Å²) in [7, 11) is 5.13. The lowest BCUT2D eigenvalue weighted by Gasteiger charge is -2.16. The van der Waals surface area contributed by atoms with Gasteiger partial charge in [-0.15, -0.1) is 0 Å². The number of benzene rings is 2. The Bertz CT molecular complexity index is 1810. The zero-order valence-corrected chi connectivity index (χ0v) is 34.9. The zero-order valence-electron chi connectivity index (χ0n) is 33.3. The van der Waals surface area contributed by atoms with Crippen LogP contribution in [-0.4, -0.2) is 72.2 Å². The summed E-state index contributed by atoms with van der Waals surface area (Å²) < 4.78 is 4.14. The molecule has 2 heterocycles. The van der Waals surface area contributed by atoms with E-state index in [1.807, 2.05) is 129 Å². The number of hydrogen-bond acceptors (Lipinski definition) is 7. The predicted octanol–water partition coefficient (Wildman–Crippen LogP) is 6.58. The molecule has 4 rings (SSSR count). The van der Waals surface area contributed by atoms with E-state index in [1.54, 1.807) is 33.5 Å². The van der Waals surface area contributed by atoms with Crippen molar-refractivity contribution >= 4 is 75.3 Å². The molecule has 1 unspecified atom stereocenters. The second-order valence-electron chi connectivity index (χ2n) is 14.0. The third-order valence-electron chi connectivity index (χ3n) is 9.20. The minimum absolute atomic E-state index is 0.0224. The first-order valence-electron chi connectivity index (χ1n) is 19.5. The Balaban J connectivity index is 0.976. The number of rotatable bonds is 25. The number of carbonyl (C=O) groups excluding carboxylic acids is 2. The van der Waals surface area contributed by atoms with Gasteiger partial charge in [0.2, 0.25) is 11.8 Å². The number of aryl methyl sites for hydroxylation is 2. The first kappa shape index (κ1) is 45.3. The van der Waals surface area contributed by atoms with E-state index in [-0.39, 0.29) is 30.7 Å². The summed E-state index contributed by atoms with van der Waals surface area (Å²) in [4.78, 5) is 48.2. The van der Waals surface area contributed by atoms with Crippen molar-refractivity contribution in [3.63, 3.8) is 0 Å². The van der Waals surface area contributed by atoms with Gasteiger partial charge >= 0.3 is 11.9 Å². The van der Waals surface area contributed by atoms with Crippen molar-refractivity contribution in [3.8, 4) is 0 Å². The molecule has 0 aliphatic carbocycles. The van der Waals surface area contributed by atoms with E-state index in [0.717, 1.165) is 70.9 Å². The number of aromatic nitrogens is 2. The number of anilines is 1. The van der Waals surface area contributed by atoms with Gasteiger partial charge in [0.05, 0.1) is 6.42 Å². The average Bonchev–Trinajstić information content (AvgIpc) is 3.21. The van der Waals surface area contributed by atoms with Crippen molar-refractivity contribution in [3.05, 3.63) is 125 Å². The van der Waals surface area contributed by atoms with Crippen LogP contribution in [-0.2, 0) is 32.3 Å². The number of nitrogens with one attached hydrogen (secondary N) is 2. The van der Waals surface area contributed by atoms with E-state index in [1.165, 1.54) is 0 Å². The van der Waals surface area contributed by atoms with Gasteiger partial charge < -0.3 is 25.7 Å². The van der Waals surface area contributed by atoms with E-state index >= 15 is 0 Å². The molecule has 0 radical (unpaired) electrons. The molecule has 306 valence electrons. The number of likely N-dealkylation sites (N-methyl/N-ethyl adjacent to an activating group) is 1. The van der Waals surface area contributed by atoms with E-state index in [2.05, 4.69) is 19.8 Å². The second-order valence-corrected chi connectivity index (χ2v) is 16.7. The Kier molecular flexibility index (Phi) is 19.6. The summed E-state index contributed by atoms with van der Waals surface area (Å²) in [6.45, 7) is 4.60. The Morgan fingerprint density at radius 2 is 1.05 bits per heavy atom. The highest BCUT2D eigenvalue weighted by molar-refractivity contribution is 8.76. The van der Waals surface area contributed by atoms with Gasteiger partial charge in [0.1, 0.15) is 19.6 Å². The van der Waals surface area contributed by atoms with Crippen LogP contribution in [0.2, 0.25) is 0 Å². The van der Waals surface area contributed by atoms with Gasteiger partial charge in [0.15, 0.2) is 24.8 Å². The molecular formula is C45H55N5O6S2+2. The molecule has 4 N–H and O–H groups in total. The quantitative estimate of drug-likeness (QED) is 0.0331. The van der Waals surface area contributed by atoms with Crippen molar-refractivity contribution in [2.24, 2.45) is 0 Å². The summed E-state index contributed by atoms with van der Waals surface area (Å²) in [6.07, 6.45) is 18.7. The Hall–Kier alpha value is -5.40. The SMILES string of the molecule is CC(CC(=O)O)c1ccc(/C=C/c2cc[n+](CCCC(=O)NCCSSCCNC(=O)CCC[n+]3ccc(/C=C/c4ccc(N(C)CC(=O)O)cc4)cc3)cc2)cc1. The molecule has 58 heavy (non-hydrogen) atoms. The molecule has 0 fully saturated rings. The summed E-state index contributed by atoms with van der Waals surface area (Å²) >= 11 is 0. The normalized spacial score (nSPS) is 11.8. The monoisotopic (exact) mass is 825 g/mol. The van der Waals surface area contributed by atoms with Crippen LogP contribution in [0.15, 0.2) is 97.6 Å². The summed E-state index contributed by atoms with van der Waals surface area (Å²) in [5.74, 6) is 0.0230. The topological polar surface area (TPSA) is 144 Å². The molecule has 0 aliphatic heterocycles. The highest BCUT2D eigenvalue weighted by Crippen LogP contribution is 2.21. The molecule has 2 aromatic carbocycles. The molecule has 2 aromatic heterocycles. The van der Waals surface area contributed by atoms with E-state index in [4.69, 9.17) is 10.2 Å². The van der Waals surface area contributed by atoms with E-state index < -0.39 is 11.9 Å². The molecule has 13 heteroatoms. The molecule has 2 amide bonds. The van der Waals surface area contributed by atoms with E-state index in [9.17, 15) is 19.2 Å². The van der Waals surface area contributed by atoms with Crippen LogP contribution >= 0.6 is 21.6 Å². The molecule has 0 saturated heterocycles. The van der Waals surface area contributed by atoms with Gasteiger partial charge in [-0.2, -0.15) is 0 Å². The van der Waals surface area contributed by atoms with Crippen LogP contribution in [0.5, 0.6) is 0 Å². The smallest absolute Gasteiger partial charge is 0.323 e. The lowest BCUT2D eigenvalue weighted by Crippen LogP contribution is -2.34. The van der Waals surface area contributed by atoms with Crippen molar-refractivity contribution in [2.75, 3.05) is 43.1 Å². The maximum atomic E-state index is 12.3. The molecule has 0 spiro atoms. The van der Waals surface area contributed by atoms with Crippen molar-refractivity contribution in [2.45, 2.75) is 58.0 Å². The molecule has 0 aliphatic rings. The van der Waals surface area contributed by atoms with Gasteiger partial charge in [0.25, 0.3) is 0 Å². The molecule has 4 aromatic rings. The highest BCUT2D eigenvalue weighted by atomic mass is 33.1. The number of hydrogen-bond donors (Lipinski definition) is 4. The molecule has 0 bridgehead atoms. The van der Waals surface area contributed by atoms with Crippen molar-refractivity contribution in [1.29, 1.82) is 0 Å². The fourth-order valence-electron chi connectivity index (χ4n) is 5.90. The Morgan fingerprint density at radius 1 is 0.638 bits per heavy atom. The van der Waals surface area contributed by atoms with Crippen LogP contribution in [0.25, 0.3) is 24.3 Å². The fraction of sp³-hybridized carbons (Fsp3) is 0.333. The number of pyridine rings is 2. The molecule has 1 atom stereocenters. The first-order chi connectivity index (χ1) is 28.0. The van der Waals surface area contributed by atoms with Gasteiger partial charge in [-0.1, -0.05) is 89.2 Å². The minimum atomic E-state index is -0.865. The number of carboxylic acid groups (broad SMARTS) is 2. The molecule has 11 nitrogen and oxygen atoms in total. The van der Waals surface area contributed by atoms with Crippen LogP contribution in [0.1, 0.15) is 72.8 Å². The minimum Gasteiger partial charge on any atom is -0.481 e. The number of nitrogens with zero attached hydrogens (tertiary/aromatic N) is 3. The third-order valence-corrected chi connectivity index (χ3v) is 11.6. The lowest BCUT2D eigenvalue weighted by atomic mass is 9.97. The standard InChI is InChI=1S/C45H53N5O6S2/c1-35(33-44(53)54)40-15-11-36(12-16-40)7-9-38-19-27-49(28-20-38)25-3-5-42(51)46-23-31-57-58-32-24-47-43(52)6-4-26-50-29-21-39(22-30-50)10-8-37-13-17-41(18-14-37)48(2)34-45(55)56/h7-22,27-30,35H,3-6,23-26,31-34H2,1-2H3,(H2-2,46,47,51,52,53,54,55,56)/p+2/b9-7+. The average molecular weight is 826 g/mol. The largest absolute Gasteiger partial charge is 0.481 e. The maximum absolute atomic E-state index is 12.3. The highest BCUT2D eigenvalue weighted by Gasteiger charge is 2.10. The summed E-state index contributed by atoms with van der Waals surface area (Å²) in [6, 6.07) is 23.9. The first-order valence-corrected chi connectivity index (χ1v) is 22.0. The Morgan fingerprint density at radius 3 is 1.47 bits per heavy atom. The van der Waals surface area contributed by atoms with Gasteiger partial charge in [-0.3, -0.25) is 19.2 Å². The summed E-state index contributed by atoms with van der Waals surface area (Å²) in [5.41, 5.74) is 6.07. The number of aliphatic carboxylic acids is 2. The van der Waals surface area contributed by atoms with Gasteiger partial charge in [0, 0.05) is 87.3 Å². The van der Waals surface area contributed by atoms with Crippen molar-refractivity contribution < 1.29 is 38.5 Å².